The summed E-state index contributed by atoms with van der Waals surface area (Å²) in [5.41, 5.74) is 4.09. The number of halogens is 1. The second-order valence-electron chi connectivity index (χ2n) is 15.7. The number of aliphatic hydroxyl groups excluding tert-OH is 1. The van der Waals surface area contributed by atoms with Gasteiger partial charge in [0.15, 0.2) is 0 Å². The Morgan fingerprint density at radius 2 is 1.38 bits per heavy atom. The minimum absolute atomic E-state index is 0. The van der Waals surface area contributed by atoms with E-state index in [4.69, 9.17) is 33.2 Å². The lowest BCUT2D eigenvalue weighted by Crippen LogP contribution is -2.57. The number of β-amino-alcohol motifs (C(OH)–C–C–N with tert-alkyl or cyclic N) is 1. The highest BCUT2D eigenvalue weighted by atomic mass is 35.5. The van der Waals surface area contributed by atoms with E-state index in [1.54, 1.807) is 11.3 Å². The summed E-state index contributed by atoms with van der Waals surface area (Å²) in [6.07, 6.45) is 1.78. The number of nitrogens with one attached hydrogen (secondary N) is 3. The van der Waals surface area contributed by atoms with Gasteiger partial charge in [-0.25, -0.2) is 4.98 Å². The van der Waals surface area contributed by atoms with Gasteiger partial charge in [0.25, 0.3) is 0 Å². The first kappa shape index (κ1) is 51.5. The van der Waals surface area contributed by atoms with Gasteiger partial charge >= 0.3 is 0 Å². The van der Waals surface area contributed by atoms with Crippen LogP contribution in [0.3, 0.4) is 0 Å². The molecule has 2 aliphatic heterocycles. The summed E-state index contributed by atoms with van der Waals surface area (Å²) in [7, 11) is 0. The van der Waals surface area contributed by atoms with E-state index in [0.29, 0.717) is 85.4 Å². The highest BCUT2D eigenvalue weighted by molar-refractivity contribution is 7.13. The van der Waals surface area contributed by atoms with Gasteiger partial charge in [0.05, 0.1) is 114 Å². The minimum atomic E-state index is -0.912. The standard InChI is InChI=1S/C42H67N5O11S.ClH/c1-31-38(59-30-45-31)33-7-5-32(6-8-33)28-44-40(50)36-27-34(48)29-47(36)41(51)39(42(2,3)4)46-37(49)11-14-52-15-16-53-17-18-54-19-20-55-21-22-56-23-24-57-25-26-58-35-9-12-43-13-10-35;/h5-8,30,34-36,39,43,48H,9-29H2,1-4H3,(H,44,50)(H,46,49);1H/t34-,36+,39-;/m1./s1. The zero-order valence-electron chi connectivity index (χ0n) is 35.8. The topological polar surface area (TPSA) is 188 Å². The van der Waals surface area contributed by atoms with Gasteiger partial charge in [-0.2, -0.15) is 0 Å². The number of benzene rings is 1. The van der Waals surface area contributed by atoms with Crippen molar-refractivity contribution in [2.24, 2.45) is 5.41 Å². The van der Waals surface area contributed by atoms with Crippen LogP contribution in [0.5, 0.6) is 0 Å². The molecule has 4 N–H and O–H groups in total. The Labute approximate surface area is 365 Å². The maximum absolute atomic E-state index is 13.9. The van der Waals surface area contributed by atoms with Crippen molar-refractivity contribution in [3.05, 3.63) is 41.0 Å². The summed E-state index contributed by atoms with van der Waals surface area (Å²) >= 11 is 1.58. The van der Waals surface area contributed by atoms with E-state index in [9.17, 15) is 19.5 Å². The molecule has 1 aromatic carbocycles. The second-order valence-corrected chi connectivity index (χ2v) is 16.5. The van der Waals surface area contributed by atoms with E-state index in [0.717, 1.165) is 47.6 Å². The van der Waals surface area contributed by atoms with Crippen LogP contribution < -0.4 is 16.0 Å². The van der Waals surface area contributed by atoms with E-state index < -0.39 is 29.5 Å². The van der Waals surface area contributed by atoms with E-state index in [1.165, 1.54) is 4.90 Å². The SMILES string of the molecule is Cc1ncsc1-c1ccc(CNC(=O)[C@@H]2C[C@@H](O)CN2C(=O)[C@@H](NC(=O)CCOCCOCCOCCOCCOCCOCCOC2CCNCC2)C(C)(C)C)cc1.Cl. The number of aryl methyl sites for hydroxylation is 1. The van der Waals surface area contributed by atoms with Gasteiger partial charge < -0.3 is 59.1 Å². The van der Waals surface area contributed by atoms with Gasteiger partial charge in [-0.05, 0) is 49.4 Å². The van der Waals surface area contributed by atoms with Crippen molar-refractivity contribution in [2.45, 2.75) is 84.2 Å². The van der Waals surface area contributed by atoms with Crippen LogP contribution in [0.25, 0.3) is 10.4 Å². The van der Waals surface area contributed by atoms with Gasteiger partial charge in [0.2, 0.25) is 17.7 Å². The fourth-order valence-electron chi connectivity index (χ4n) is 6.62. The Balaban J connectivity index is 0.00000961. The lowest BCUT2D eigenvalue weighted by molar-refractivity contribution is -0.144. The number of likely N-dealkylation sites (tertiary alicyclic amines) is 1. The molecular weight excluding hydrogens is 818 g/mol. The number of hydrogen-bond acceptors (Lipinski definition) is 14. The van der Waals surface area contributed by atoms with Crippen LogP contribution in [0.4, 0.5) is 0 Å². The normalized spacial score (nSPS) is 17.6. The van der Waals surface area contributed by atoms with Gasteiger partial charge in [-0.1, -0.05) is 45.0 Å². The smallest absolute Gasteiger partial charge is 0.246 e. The van der Waals surface area contributed by atoms with Crippen LogP contribution in [0.2, 0.25) is 0 Å². The Hall–Kier alpha value is -2.81. The predicted octanol–water partition coefficient (Wildman–Crippen LogP) is 2.91. The number of thiazole rings is 1. The summed E-state index contributed by atoms with van der Waals surface area (Å²) < 4.78 is 39.0. The molecule has 18 heteroatoms. The van der Waals surface area contributed by atoms with Crippen LogP contribution in [-0.4, -0.2) is 163 Å². The molecule has 3 atom stereocenters. The molecule has 4 rings (SSSR count). The summed E-state index contributed by atoms with van der Waals surface area (Å²) in [6.45, 7) is 15.6. The number of piperidine rings is 1. The van der Waals surface area contributed by atoms with Crippen LogP contribution in [0, 0.1) is 12.3 Å². The molecule has 2 aliphatic rings. The molecule has 3 heterocycles. The maximum Gasteiger partial charge on any atom is 0.246 e. The third-order valence-corrected chi connectivity index (χ3v) is 10.9. The highest BCUT2D eigenvalue weighted by Gasteiger charge is 2.44. The number of nitrogens with zero attached hydrogens (tertiary/aromatic N) is 2. The molecule has 60 heavy (non-hydrogen) atoms. The molecule has 0 aliphatic carbocycles. The molecule has 16 nitrogen and oxygen atoms in total. The van der Waals surface area contributed by atoms with Gasteiger partial charge in [0.1, 0.15) is 12.1 Å². The number of hydrogen-bond donors (Lipinski definition) is 4. The largest absolute Gasteiger partial charge is 0.391 e. The van der Waals surface area contributed by atoms with Gasteiger partial charge in [-0.3, -0.25) is 14.4 Å². The molecule has 1 aromatic heterocycles. The molecule has 0 spiro atoms. The van der Waals surface area contributed by atoms with Crippen LogP contribution in [0.1, 0.15) is 57.7 Å². The zero-order valence-corrected chi connectivity index (χ0v) is 37.4. The fraction of sp³-hybridized carbons (Fsp3) is 0.714. The van der Waals surface area contributed by atoms with Crippen molar-refractivity contribution in [1.82, 2.24) is 25.8 Å². The van der Waals surface area contributed by atoms with E-state index in [2.05, 4.69) is 20.9 Å². The first-order chi connectivity index (χ1) is 28.5. The van der Waals surface area contributed by atoms with Crippen LogP contribution in [0.15, 0.2) is 29.8 Å². The molecule has 340 valence electrons. The summed E-state index contributed by atoms with van der Waals surface area (Å²) in [4.78, 5) is 47.0. The number of carbonyl (C=O) groups is 3. The Morgan fingerprint density at radius 1 is 0.850 bits per heavy atom. The van der Waals surface area contributed by atoms with E-state index >= 15 is 0 Å². The molecule has 2 saturated heterocycles. The van der Waals surface area contributed by atoms with E-state index in [-0.39, 0.29) is 56.8 Å². The average Bonchev–Trinajstić information content (AvgIpc) is 3.84. The Bertz CT molecular complexity index is 1510. The van der Waals surface area contributed by atoms with Crippen molar-refractivity contribution in [1.29, 1.82) is 0 Å². The zero-order chi connectivity index (χ0) is 42.3. The Kier molecular flexibility index (Phi) is 24.7. The quantitative estimate of drug-likeness (QED) is 0.0915. The van der Waals surface area contributed by atoms with Crippen molar-refractivity contribution in [3.8, 4) is 10.4 Å². The third kappa shape index (κ3) is 19.1. The fourth-order valence-corrected chi connectivity index (χ4v) is 7.43. The maximum atomic E-state index is 13.9. The van der Waals surface area contributed by atoms with Crippen molar-refractivity contribution < 1.29 is 52.6 Å². The number of ether oxygens (including phenoxy) is 7. The second kappa shape index (κ2) is 28.7. The molecule has 2 fully saturated rings. The van der Waals surface area contributed by atoms with E-state index in [1.807, 2.05) is 57.5 Å². The molecule has 0 unspecified atom stereocenters. The molecular formula is C42H68ClN5O11S. The molecule has 0 saturated carbocycles. The number of aromatic nitrogens is 1. The van der Waals surface area contributed by atoms with Gasteiger partial charge in [-0.15, -0.1) is 23.7 Å². The summed E-state index contributed by atoms with van der Waals surface area (Å²) in [6, 6.07) is 6.12. The molecule has 0 bridgehead atoms. The lowest BCUT2D eigenvalue weighted by atomic mass is 9.85. The first-order valence-electron chi connectivity index (χ1n) is 20.9. The molecule has 3 amide bonds. The number of amides is 3. The lowest BCUT2D eigenvalue weighted by Gasteiger charge is -2.35. The molecule has 2 aromatic rings. The van der Waals surface area contributed by atoms with Crippen LogP contribution in [-0.2, 0) is 54.1 Å². The van der Waals surface area contributed by atoms with Crippen molar-refractivity contribution in [3.63, 3.8) is 0 Å². The predicted molar refractivity (Wildman–Crippen MR) is 230 cm³/mol. The first-order valence-corrected chi connectivity index (χ1v) is 21.7. The van der Waals surface area contributed by atoms with Gasteiger partial charge in [0, 0.05) is 25.9 Å². The Morgan fingerprint density at radius 3 is 1.90 bits per heavy atom. The number of rotatable bonds is 28. The summed E-state index contributed by atoms with van der Waals surface area (Å²) in [5.74, 6) is -1.12. The third-order valence-electron chi connectivity index (χ3n) is 9.91. The summed E-state index contributed by atoms with van der Waals surface area (Å²) in [5, 5.41) is 19.6. The van der Waals surface area contributed by atoms with Crippen LogP contribution >= 0.6 is 23.7 Å². The highest BCUT2D eigenvalue weighted by Crippen LogP contribution is 2.28. The average molecular weight is 887 g/mol. The molecule has 0 radical (unpaired) electrons. The van der Waals surface area contributed by atoms with Crippen molar-refractivity contribution >= 4 is 41.5 Å². The minimum Gasteiger partial charge on any atom is -0.391 e. The number of aliphatic hydroxyl groups is 1. The number of carbonyl (C=O) groups excluding carboxylic acids is 3. The monoisotopic (exact) mass is 885 g/mol. The van der Waals surface area contributed by atoms with Crippen molar-refractivity contribution in [2.75, 3.05) is 106 Å².